The smallest absolute Gasteiger partial charge is 0.326 e. The number of halogens is 3. The zero-order chi connectivity index (χ0) is 17.0. The maximum absolute atomic E-state index is 12.3. The number of carbonyl (C=O) groups is 2. The van der Waals surface area contributed by atoms with Gasteiger partial charge in [0, 0.05) is 22.8 Å². The van der Waals surface area contributed by atoms with Crippen LogP contribution in [0.4, 0.5) is 0 Å². The number of pyridine rings is 1. The van der Waals surface area contributed by atoms with E-state index in [0.717, 1.165) is 4.47 Å². The first kappa shape index (κ1) is 17.7. The molecule has 1 aromatic heterocycles. The molecule has 1 amide bonds. The number of carboxylic acid groups (broad SMARTS) is 1. The highest BCUT2D eigenvalue weighted by Gasteiger charge is 2.24. The molecule has 0 saturated carbocycles. The minimum Gasteiger partial charge on any atom is -0.480 e. The van der Waals surface area contributed by atoms with Crippen LogP contribution in [0, 0.1) is 0 Å². The van der Waals surface area contributed by atoms with Crippen LogP contribution in [0.2, 0.25) is 10.0 Å². The monoisotopic (exact) mass is 416 g/mol. The van der Waals surface area contributed by atoms with E-state index in [4.69, 9.17) is 23.2 Å². The molecule has 0 bridgehead atoms. The fourth-order valence-corrected chi connectivity index (χ4v) is 2.69. The Balaban J connectivity index is 2.18. The number of aliphatic carboxylic acids is 1. The molecule has 1 unspecified atom stereocenters. The number of amides is 1. The molecule has 0 aliphatic rings. The van der Waals surface area contributed by atoms with E-state index in [0.29, 0.717) is 5.69 Å². The third kappa shape index (κ3) is 4.67. The zero-order valence-corrected chi connectivity index (χ0v) is 14.7. The Labute approximate surface area is 150 Å². The molecule has 0 fully saturated rings. The van der Waals surface area contributed by atoms with Gasteiger partial charge in [-0.25, -0.2) is 4.79 Å². The number of rotatable bonds is 5. The Morgan fingerprint density at radius 2 is 1.87 bits per heavy atom. The van der Waals surface area contributed by atoms with Crippen LogP contribution >= 0.6 is 39.1 Å². The number of hydrogen-bond acceptors (Lipinski definition) is 3. The van der Waals surface area contributed by atoms with E-state index < -0.39 is 17.9 Å². The molecule has 23 heavy (non-hydrogen) atoms. The van der Waals surface area contributed by atoms with Gasteiger partial charge >= 0.3 is 5.97 Å². The van der Waals surface area contributed by atoms with E-state index in [-0.39, 0.29) is 22.0 Å². The molecule has 0 radical (unpaired) electrons. The van der Waals surface area contributed by atoms with E-state index in [1.165, 1.54) is 12.1 Å². The number of carbonyl (C=O) groups excluding carboxylic acids is 1. The SMILES string of the molecule is O=C(NC(Cc1ccc(Br)cn1)C(=O)O)c1c(Cl)cccc1Cl. The average molecular weight is 418 g/mol. The van der Waals surface area contributed by atoms with Crippen LogP contribution < -0.4 is 5.32 Å². The molecule has 1 heterocycles. The van der Waals surface area contributed by atoms with E-state index in [1.807, 2.05) is 0 Å². The zero-order valence-electron chi connectivity index (χ0n) is 11.6. The van der Waals surface area contributed by atoms with Gasteiger partial charge in [0.1, 0.15) is 6.04 Å². The number of nitrogens with one attached hydrogen (secondary N) is 1. The van der Waals surface area contributed by atoms with E-state index in [9.17, 15) is 14.7 Å². The number of aromatic nitrogens is 1. The maximum Gasteiger partial charge on any atom is 0.326 e. The summed E-state index contributed by atoms with van der Waals surface area (Å²) in [5.41, 5.74) is 0.581. The van der Waals surface area contributed by atoms with Gasteiger partial charge in [0.25, 0.3) is 5.91 Å². The molecule has 0 spiro atoms. The van der Waals surface area contributed by atoms with Gasteiger partial charge in [0.05, 0.1) is 15.6 Å². The van der Waals surface area contributed by atoms with Gasteiger partial charge in [0.15, 0.2) is 0 Å². The predicted molar refractivity (Wildman–Crippen MR) is 91.0 cm³/mol. The van der Waals surface area contributed by atoms with Crippen LogP contribution in [-0.4, -0.2) is 28.0 Å². The molecular formula is C15H11BrCl2N2O3. The molecule has 5 nitrogen and oxygen atoms in total. The van der Waals surface area contributed by atoms with Crippen molar-refractivity contribution in [2.45, 2.75) is 12.5 Å². The van der Waals surface area contributed by atoms with Gasteiger partial charge < -0.3 is 10.4 Å². The lowest BCUT2D eigenvalue weighted by atomic mass is 10.1. The van der Waals surface area contributed by atoms with Gasteiger partial charge in [-0.3, -0.25) is 9.78 Å². The minimum atomic E-state index is -1.17. The standard InChI is InChI=1S/C15H11BrCl2N2O3/c16-8-4-5-9(19-7-8)6-12(15(22)23)20-14(21)13-10(17)2-1-3-11(13)18/h1-5,7,12H,6H2,(H,20,21)(H,22,23). The summed E-state index contributed by atoms with van der Waals surface area (Å²) in [5, 5.41) is 12.0. The number of nitrogens with zero attached hydrogens (tertiary/aromatic N) is 1. The summed E-state index contributed by atoms with van der Waals surface area (Å²) < 4.78 is 0.778. The second-order valence-corrected chi connectivity index (χ2v) is 6.36. The molecule has 2 rings (SSSR count). The van der Waals surface area contributed by atoms with E-state index >= 15 is 0 Å². The van der Waals surface area contributed by atoms with Crippen molar-refractivity contribution in [2.75, 3.05) is 0 Å². The van der Waals surface area contributed by atoms with Crippen molar-refractivity contribution in [3.8, 4) is 0 Å². The van der Waals surface area contributed by atoms with Gasteiger partial charge in [0.2, 0.25) is 0 Å². The Bertz CT molecular complexity index is 718. The molecule has 2 N–H and O–H groups in total. The maximum atomic E-state index is 12.3. The van der Waals surface area contributed by atoms with Crippen LogP contribution in [0.1, 0.15) is 16.1 Å². The summed E-state index contributed by atoms with van der Waals surface area (Å²) in [5.74, 6) is -1.82. The minimum absolute atomic E-state index is 0.0381. The molecule has 0 aliphatic carbocycles. The molecule has 0 saturated heterocycles. The molecule has 120 valence electrons. The first-order chi connectivity index (χ1) is 10.9. The van der Waals surface area contributed by atoms with Gasteiger partial charge in [-0.15, -0.1) is 0 Å². The summed E-state index contributed by atoms with van der Waals surface area (Å²) in [6.45, 7) is 0. The number of hydrogen-bond donors (Lipinski definition) is 2. The van der Waals surface area contributed by atoms with E-state index in [1.54, 1.807) is 24.4 Å². The van der Waals surface area contributed by atoms with Gasteiger partial charge in [-0.05, 0) is 40.2 Å². The Morgan fingerprint density at radius 1 is 1.22 bits per heavy atom. The highest BCUT2D eigenvalue weighted by molar-refractivity contribution is 9.10. The van der Waals surface area contributed by atoms with Crippen LogP contribution in [0.15, 0.2) is 41.0 Å². The second-order valence-electron chi connectivity index (χ2n) is 4.63. The summed E-state index contributed by atoms with van der Waals surface area (Å²) in [4.78, 5) is 27.8. The van der Waals surface area contributed by atoms with Crippen molar-refractivity contribution in [3.05, 3.63) is 62.3 Å². The van der Waals surface area contributed by atoms with Crippen molar-refractivity contribution in [1.29, 1.82) is 0 Å². The van der Waals surface area contributed by atoms with Crippen molar-refractivity contribution in [3.63, 3.8) is 0 Å². The first-order valence-corrected chi connectivity index (χ1v) is 8.01. The molecular weight excluding hydrogens is 407 g/mol. The Hall–Kier alpha value is -1.63. The fourth-order valence-electron chi connectivity index (χ4n) is 1.88. The van der Waals surface area contributed by atoms with Gasteiger partial charge in [-0.2, -0.15) is 0 Å². The predicted octanol–water partition coefficient (Wildman–Crippen LogP) is 3.58. The number of carboxylic acids is 1. The highest BCUT2D eigenvalue weighted by atomic mass is 79.9. The van der Waals surface area contributed by atoms with Crippen molar-refractivity contribution in [1.82, 2.24) is 10.3 Å². The van der Waals surface area contributed by atoms with Crippen LogP contribution in [0.5, 0.6) is 0 Å². The topological polar surface area (TPSA) is 79.3 Å². The van der Waals surface area contributed by atoms with Gasteiger partial charge in [-0.1, -0.05) is 29.3 Å². The molecule has 8 heteroatoms. The van der Waals surface area contributed by atoms with Crippen molar-refractivity contribution < 1.29 is 14.7 Å². The summed E-state index contributed by atoms with van der Waals surface area (Å²) in [7, 11) is 0. The summed E-state index contributed by atoms with van der Waals surface area (Å²) in [6.07, 6.45) is 1.59. The summed E-state index contributed by atoms with van der Waals surface area (Å²) in [6, 6.07) is 6.89. The van der Waals surface area contributed by atoms with Crippen LogP contribution in [-0.2, 0) is 11.2 Å². The average Bonchev–Trinajstić information content (AvgIpc) is 2.48. The van der Waals surface area contributed by atoms with Crippen LogP contribution in [0.3, 0.4) is 0 Å². The highest BCUT2D eigenvalue weighted by Crippen LogP contribution is 2.24. The van der Waals surface area contributed by atoms with E-state index in [2.05, 4.69) is 26.2 Å². The second kappa shape index (κ2) is 7.77. The molecule has 1 aromatic carbocycles. The first-order valence-electron chi connectivity index (χ1n) is 6.46. The lowest BCUT2D eigenvalue weighted by Crippen LogP contribution is -2.42. The summed E-state index contributed by atoms with van der Waals surface area (Å²) >= 11 is 15.2. The third-order valence-electron chi connectivity index (χ3n) is 3.00. The third-order valence-corrected chi connectivity index (χ3v) is 4.09. The van der Waals surface area contributed by atoms with Crippen LogP contribution in [0.25, 0.3) is 0 Å². The largest absolute Gasteiger partial charge is 0.480 e. The number of benzene rings is 1. The Morgan fingerprint density at radius 3 is 2.39 bits per heavy atom. The van der Waals surface area contributed by atoms with Crippen molar-refractivity contribution >= 4 is 51.0 Å². The fraction of sp³-hybridized carbons (Fsp3) is 0.133. The lowest BCUT2D eigenvalue weighted by Gasteiger charge is -2.15. The molecule has 0 aliphatic heterocycles. The normalized spacial score (nSPS) is 11.8. The lowest BCUT2D eigenvalue weighted by molar-refractivity contribution is -0.139. The molecule has 2 aromatic rings. The van der Waals surface area contributed by atoms with Crippen molar-refractivity contribution in [2.24, 2.45) is 0 Å². The quantitative estimate of drug-likeness (QED) is 0.779. The Kier molecular flexibility index (Phi) is 5.98. The molecule has 1 atom stereocenters.